The number of imide groups is 1. The van der Waals surface area contributed by atoms with Crippen LogP contribution in [0, 0.1) is 17.2 Å². The number of ether oxygens (including phenoxy) is 1. The van der Waals surface area contributed by atoms with Gasteiger partial charge in [-0.2, -0.15) is 18.4 Å². The maximum atomic E-state index is 14.0. The molecule has 0 radical (unpaired) electrons. The highest BCUT2D eigenvalue weighted by Crippen LogP contribution is 2.49. The summed E-state index contributed by atoms with van der Waals surface area (Å²) >= 11 is 12.3. The lowest BCUT2D eigenvalue weighted by Gasteiger charge is -2.44. The number of ketones is 1. The second kappa shape index (κ2) is 18.0. The average Bonchev–Trinajstić information content (AvgIpc) is 3.42. The Balaban J connectivity index is 0.963. The standard InChI is InChI=1S/C45H49ClF3N7O5S/c1-26(2)36-19-33(56-43(62)55(42(60)44(56)10-5-11-44)34-20-37(45(47,48)49)38(21-50)51-22-34)7-8-39(36)61-13-12-53-23-27(3)54(28(4)24-53)25-35(57)18-30-14-29(16-32(46)17-30)15-31-6-9-40(58)52-41(31)59/h7-8,14,16-17,19-20,22,26-28,31H,5-6,9-13,15,18,23-25H2,1-4H3,(H,52,58,59)/t27-,28+,31?. The van der Waals surface area contributed by atoms with Crippen molar-refractivity contribution >= 4 is 63.8 Å². The summed E-state index contributed by atoms with van der Waals surface area (Å²) in [4.78, 5) is 62.5. The number of nitrogens with zero attached hydrogens (tertiary/aromatic N) is 6. The number of alkyl halides is 3. The van der Waals surface area contributed by atoms with E-state index in [0.717, 1.165) is 53.4 Å². The topological polar surface area (TPSA) is 139 Å². The Labute approximate surface area is 369 Å². The van der Waals surface area contributed by atoms with Crippen molar-refractivity contribution in [1.29, 1.82) is 5.26 Å². The smallest absolute Gasteiger partial charge is 0.419 e. The number of carbonyl (C=O) groups excluding carboxylic acids is 4. The van der Waals surface area contributed by atoms with Crippen molar-refractivity contribution in [3.8, 4) is 11.8 Å². The summed E-state index contributed by atoms with van der Waals surface area (Å²) in [5.41, 5.74) is -0.0263. The van der Waals surface area contributed by atoms with Gasteiger partial charge in [0.2, 0.25) is 11.8 Å². The van der Waals surface area contributed by atoms with Gasteiger partial charge in [-0.15, -0.1) is 0 Å². The lowest BCUT2D eigenvalue weighted by Crippen LogP contribution is -2.58. The van der Waals surface area contributed by atoms with E-state index in [-0.39, 0.29) is 65.3 Å². The first-order valence-electron chi connectivity index (χ1n) is 20.9. The van der Waals surface area contributed by atoms with Gasteiger partial charge in [-0.3, -0.25) is 39.2 Å². The Bertz CT molecular complexity index is 2320. The van der Waals surface area contributed by atoms with Gasteiger partial charge < -0.3 is 9.64 Å². The normalized spacial score (nSPS) is 22.0. The Hall–Kier alpha value is -4.95. The number of halogens is 4. The number of rotatable bonds is 13. The van der Waals surface area contributed by atoms with Crippen molar-refractivity contribution in [2.24, 2.45) is 5.92 Å². The fraction of sp³-hybridized carbons (Fsp3) is 0.489. The highest BCUT2D eigenvalue weighted by molar-refractivity contribution is 7.81. The van der Waals surface area contributed by atoms with E-state index in [2.05, 4.69) is 33.9 Å². The third-order valence-corrected chi connectivity index (χ3v) is 13.0. The molecule has 2 aromatic carbocycles. The highest BCUT2D eigenvalue weighted by Gasteiger charge is 2.60. The molecule has 1 N–H and O–H groups in total. The molecule has 0 bridgehead atoms. The predicted molar refractivity (Wildman–Crippen MR) is 231 cm³/mol. The number of thiocarbonyl (C=S) groups is 1. The molecule has 1 spiro atoms. The number of nitriles is 1. The van der Waals surface area contributed by atoms with Crippen molar-refractivity contribution in [1.82, 2.24) is 20.1 Å². The molecule has 1 unspecified atom stereocenters. The average molecular weight is 892 g/mol. The van der Waals surface area contributed by atoms with Gasteiger partial charge in [0.15, 0.2) is 16.6 Å². The van der Waals surface area contributed by atoms with Crippen molar-refractivity contribution in [2.75, 3.05) is 42.6 Å². The van der Waals surface area contributed by atoms with Gasteiger partial charge >= 0.3 is 6.18 Å². The van der Waals surface area contributed by atoms with Crippen molar-refractivity contribution in [2.45, 2.75) is 102 Å². The first-order valence-corrected chi connectivity index (χ1v) is 21.7. The Morgan fingerprint density at radius 2 is 1.77 bits per heavy atom. The summed E-state index contributed by atoms with van der Waals surface area (Å²) in [6.45, 7) is 11.1. The molecule has 3 atom stereocenters. The number of piperazine rings is 1. The van der Waals surface area contributed by atoms with Crippen LogP contribution in [-0.4, -0.2) is 93.8 Å². The van der Waals surface area contributed by atoms with E-state index in [1.54, 1.807) is 17.0 Å². The Morgan fingerprint density at radius 3 is 2.40 bits per heavy atom. The summed E-state index contributed by atoms with van der Waals surface area (Å²) in [7, 11) is 0. The fourth-order valence-electron chi connectivity index (χ4n) is 9.23. The van der Waals surface area contributed by atoms with E-state index in [0.29, 0.717) is 61.7 Å². The van der Waals surface area contributed by atoms with Gasteiger partial charge in [0.1, 0.15) is 24.0 Å². The summed E-state index contributed by atoms with van der Waals surface area (Å²) in [5, 5.41) is 12.2. The molecular formula is C45H49ClF3N7O5S. The van der Waals surface area contributed by atoms with Crippen LogP contribution in [0.3, 0.4) is 0 Å². The zero-order chi connectivity index (χ0) is 44.7. The van der Waals surface area contributed by atoms with Crippen molar-refractivity contribution in [3.63, 3.8) is 0 Å². The molecule has 7 rings (SSSR count). The molecule has 328 valence electrons. The summed E-state index contributed by atoms with van der Waals surface area (Å²) in [5.74, 6) is -0.513. The summed E-state index contributed by atoms with van der Waals surface area (Å²) in [6.07, 6.45) is -0.630. The summed E-state index contributed by atoms with van der Waals surface area (Å²) in [6, 6.07) is 13.6. The highest BCUT2D eigenvalue weighted by atomic mass is 35.5. The minimum atomic E-state index is -4.85. The summed E-state index contributed by atoms with van der Waals surface area (Å²) < 4.78 is 48.0. The van der Waals surface area contributed by atoms with Gasteiger partial charge in [0, 0.05) is 61.2 Å². The third kappa shape index (κ3) is 9.22. The number of benzene rings is 2. The molecular weight excluding hydrogens is 843 g/mol. The molecule has 17 heteroatoms. The largest absolute Gasteiger partial charge is 0.492 e. The van der Waals surface area contributed by atoms with Gasteiger partial charge in [0.25, 0.3) is 5.91 Å². The fourth-order valence-corrected chi connectivity index (χ4v) is 9.98. The Morgan fingerprint density at radius 1 is 1.06 bits per heavy atom. The first-order chi connectivity index (χ1) is 29.4. The molecule has 62 heavy (non-hydrogen) atoms. The van der Waals surface area contributed by atoms with Crippen LogP contribution in [0.25, 0.3) is 0 Å². The minimum Gasteiger partial charge on any atom is -0.492 e. The van der Waals surface area contributed by atoms with E-state index < -0.39 is 28.9 Å². The number of hydrogen-bond acceptors (Lipinski definition) is 10. The van der Waals surface area contributed by atoms with Crippen LogP contribution in [0.4, 0.5) is 24.5 Å². The number of amides is 3. The van der Waals surface area contributed by atoms with Crippen LogP contribution in [0.1, 0.15) is 93.7 Å². The number of anilines is 2. The molecule has 1 saturated carbocycles. The molecule has 3 aliphatic heterocycles. The molecule has 3 amide bonds. The second-order valence-electron chi connectivity index (χ2n) is 17.2. The van der Waals surface area contributed by atoms with E-state index in [1.807, 2.05) is 38.1 Å². The minimum absolute atomic E-state index is 0.0207. The third-order valence-electron chi connectivity index (χ3n) is 12.5. The zero-order valence-electron chi connectivity index (χ0n) is 35.1. The predicted octanol–water partition coefficient (Wildman–Crippen LogP) is 6.99. The molecule has 3 saturated heterocycles. The van der Waals surface area contributed by atoms with Crippen LogP contribution < -0.4 is 19.9 Å². The SMILES string of the molecule is CC(C)c1cc(N2C(=S)N(c3cnc(C#N)c(C(F)(F)F)c3)C(=O)C23CCC3)ccc1OCCN1C[C@@H](C)N(CC(=O)Cc2cc(Cl)cc(CC3CCC(=O)NC3=O)c2)[C@@H](C)C1. The second-order valence-corrected chi connectivity index (χ2v) is 18.0. The molecule has 4 fully saturated rings. The van der Waals surface area contributed by atoms with Crippen LogP contribution in [0.5, 0.6) is 5.75 Å². The van der Waals surface area contributed by atoms with E-state index >= 15 is 0 Å². The van der Waals surface area contributed by atoms with Gasteiger partial charge in [0.05, 0.1) is 24.0 Å². The molecule has 1 aliphatic carbocycles. The molecule has 4 aliphatic rings. The van der Waals surface area contributed by atoms with Crippen LogP contribution in [0.15, 0.2) is 48.7 Å². The van der Waals surface area contributed by atoms with Gasteiger partial charge in [-0.1, -0.05) is 31.5 Å². The Kier molecular flexibility index (Phi) is 13.1. The number of aromatic nitrogens is 1. The molecule has 12 nitrogen and oxygen atoms in total. The molecule has 1 aromatic heterocycles. The number of piperidine rings is 1. The quantitative estimate of drug-likeness (QED) is 0.140. The van der Waals surface area contributed by atoms with Crippen LogP contribution in [-0.2, 0) is 38.2 Å². The van der Waals surface area contributed by atoms with Gasteiger partial charge in [-0.05, 0) is 117 Å². The van der Waals surface area contributed by atoms with Crippen molar-refractivity contribution < 1.29 is 37.1 Å². The van der Waals surface area contributed by atoms with Crippen LogP contribution in [0.2, 0.25) is 5.02 Å². The van der Waals surface area contributed by atoms with Crippen molar-refractivity contribution in [3.05, 3.63) is 81.6 Å². The monoisotopic (exact) mass is 891 g/mol. The van der Waals surface area contributed by atoms with E-state index in [9.17, 15) is 37.6 Å². The van der Waals surface area contributed by atoms with Gasteiger partial charge in [-0.25, -0.2) is 4.98 Å². The number of nitrogens with one attached hydrogen (secondary N) is 1. The zero-order valence-corrected chi connectivity index (χ0v) is 36.6. The number of carbonyl (C=O) groups is 4. The van der Waals surface area contributed by atoms with E-state index in [4.69, 9.17) is 28.6 Å². The molecule has 4 heterocycles. The maximum absolute atomic E-state index is 14.0. The number of Topliss-reactive ketones (excluding diaryl/α,β-unsaturated/α-hetero) is 1. The van der Waals surface area contributed by atoms with Crippen LogP contribution >= 0.6 is 23.8 Å². The maximum Gasteiger partial charge on any atom is 0.419 e. The number of hydrogen-bond donors (Lipinski definition) is 1. The van der Waals surface area contributed by atoms with E-state index in [1.165, 1.54) is 6.07 Å². The lowest BCUT2D eigenvalue weighted by molar-refractivity contribution is -0.138. The first kappa shape index (κ1) is 45.1. The lowest BCUT2D eigenvalue weighted by atomic mass is 9.75. The number of pyridine rings is 1. The molecule has 3 aromatic rings.